The van der Waals surface area contributed by atoms with Gasteiger partial charge < -0.3 is 49.6 Å². The average Bonchev–Trinajstić information content (AvgIpc) is 3.96. The fourth-order valence-electron chi connectivity index (χ4n) is 8.94. The predicted octanol–water partition coefficient (Wildman–Crippen LogP) is 3.50. The van der Waals surface area contributed by atoms with Gasteiger partial charge in [-0.15, -0.1) is 0 Å². The number of aryl methyl sites for hydroxylation is 1. The molecule has 2 aromatic carbocycles. The molecule has 344 valence electrons. The van der Waals surface area contributed by atoms with Gasteiger partial charge in [-0.2, -0.15) is 4.98 Å². The summed E-state index contributed by atoms with van der Waals surface area (Å²) in [5.41, 5.74) is 4.44. The van der Waals surface area contributed by atoms with Crippen LogP contribution in [0.3, 0.4) is 0 Å². The molecular formula is C46H61N9O9. The number of methoxy groups -OCH3 is 1. The van der Waals surface area contributed by atoms with Crippen LogP contribution in [-0.4, -0.2) is 136 Å². The topological polar surface area (TPSA) is 206 Å². The van der Waals surface area contributed by atoms with Gasteiger partial charge in [0, 0.05) is 50.3 Å². The SMILES string of the molecule is CC[C@@H]1C(=O)N(C)c2cnc(Nc3ccc(C(=O)NCCOCCOCCOCCNCCCc4cccc5c4CN(C4CCC(=O)NC4=O)C5=O)cc3OC)nc2N1C1CCCC1. The van der Waals surface area contributed by atoms with Crippen molar-refractivity contribution in [3.05, 3.63) is 64.8 Å². The minimum absolute atomic E-state index is 0.0605. The number of amides is 5. The number of anilines is 4. The summed E-state index contributed by atoms with van der Waals surface area (Å²) < 4.78 is 22.5. The van der Waals surface area contributed by atoms with E-state index in [1.165, 1.54) is 0 Å². The number of imide groups is 1. The third-order valence-corrected chi connectivity index (χ3v) is 12.3. The van der Waals surface area contributed by atoms with E-state index < -0.39 is 11.9 Å². The zero-order valence-electron chi connectivity index (χ0n) is 37.1. The van der Waals surface area contributed by atoms with Crippen LogP contribution in [0.1, 0.15) is 90.1 Å². The molecule has 1 saturated heterocycles. The summed E-state index contributed by atoms with van der Waals surface area (Å²) in [7, 11) is 3.32. The number of piperidine rings is 1. The summed E-state index contributed by atoms with van der Waals surface area (Å²) in [6, 6.07) is 10.2. The molecule has 18 heteroatoms. The molecule has 1 unspecified atom stereocenters. The van der Waals surface area contributed by atoms with Gasteiger partial charge in [-0.3, -0.25) is 29.3 Å². The molecule has 2 atom stereocenters. The van der Waals surface area contributed by atoms with Gasteiger partial charge in [-0.25, -0.2) is 4.98 Å². The predicted molar refractivity (Wildman–Crippen MR) is 239 cm³/mol. The molecule has 4 N–H and O–H groups in total. The Labute approximate surface area is 374 Å². The van der Waals surface area contributed by atoms with Gasteiger partial charge in [0.25, 0.3) is 11.8 Å². The van der Waals surface area contributed by atoms with Crippen LogP contribution >= 0.6 is 0 Å². The lowest BCUT2D eigenvalue weighted by atomic mass is 9.99. The normalized spacial score (nSPS) is 18.6. The highest BCUT2D eigenvalue weighted by molar-refractivity contribution is 6.06. The van der Waals surface area contributed by atoms with Gasteiger partial charge >= 0.3 is 0 Å². The summed E-state index contributed by atoms with van der Waals surface area (Å²) >= 11 is 0. The second-order valence-corrected chi connectivity index (χ2v) is 16.4. The molecule has 18 nitrogen and oxygen atoms in total. The number of ether oxygens (including phenoxy) is 4. The zero-order chi connectivity index (χ0) is 45.0. The molecule has 1 saturated carbocycles. The number of nitrogens with one attached hydrogen (secondary N) is 4. The quantitative estimate of drug-likeness (QED) is 0.0796. The van der Waals surface area contributed by atoms with Crippen molar-refractivity contribution in [3.8, 4) is 5.75 Å². The number of carbonyl (C=O) groups excluding carboxylic acids is 5. The zero-order valence-corrected chi connectivity index (χ0v) is 37.1. The first kappa shape index (κ1) is 46.3. The van der Waals surface area contributed by atoms with Crippen LogP contribution in [0.15, 0.2) is 42.6 Å². The van der Waals surface area contributed by atoms with Crippen molar-refractivity contribution in [1.29, 1.82) is 0 Å². The lowest BCUT2D eigenvalue weighted by Gasteiger charge is -2.43. The Balaban J connectivity index is 0.730. The van der Waals surface area contributed by atoms with Gasteiger partial charge in [0.15, 0.2) is 5.82 Å². The molecule has 1 aliphatic carbocycles. The highest BCUT2D eigenvalue weighted by atomic mass is 16.5. The van der Waals surface area contributed by atoms with E-state index in [1.807, 2.05) is 25.1 Å². The van der Waals surface area contributed by atoms with E-state index in [0.29, 0.717) is 106 Å². The molecule has 3 aliphatic heterocycles. The van der Waals surface area contributed by atoms with Crippen molar-refractivity contribution < 1.29 is 42.9 Å². The van der Waals surface area contributed by atoms with Gasteiger partial charge in [0.05, 0.1) is 58.6 Å². The first-order valence-corrected chi connectivity index (χ1v) is 22.5. The maximum absolute atomic E-state index is 13.2. The summed E-state index contributed by atoms with van der Waals surface area (Å²) in [6.45, 7) is 6.79. The first-order valence-electron chi connectivity index (χ1n) is 22.5. The van der Waals surface area contributed by atoms with Crippen LogP contribution in [0.2, 0.25) is 0 Å². The Morgan fingerprint density at radius 3 is 2.41 bits per heavy atom. The number of benzene rings is 2. The monoisotopic (exact) mass is 883 g/mol. The Bertz CT molecular complexity index is 2150. The maximum atomic E-state index is 13.2. The largest absolute Gasteiger partial charge is 0.495 e. The molecule has 0 bridgehead atoms. The molecule has 4 aliphatic rings. The Morgan fingerprint density at radius 2 is 1.67 bits per heavy atom. The fourth-order valence-corrected chi connectivity index (χ4v) is 8.94. The van der Waals surface area contributed by atoms with E-state index >= 15 is 0 Å². The van der Waals surface area contributed by atoms with Crippen LogP contribution in [-0.2, 0) is 41.6 Å². The summed E-state index contributed by atoms with van der Waals surface area (Å²) in [6.07, 6.45) is 8.98. The molecular weight excluding hydrogens is 823 g/mol. The summed E-state index contributed by atoms with van der Waals surface area (Å²) in [5.74, 6) is 0.534. The third kappa shape index (κ3) is 11.0. The fraction of sp³-hybridized carbons (Fsp3) is 0.543. The number of rotatable bonds is 23. The van der Waals surface area contributed by atoms with Crippen molar-refractivity contribution in [2.75, 3.05) is 88.5 Å². The molecule has 0 spiro atoms. The van der Waals surface area contributed by atoms with Gasteiger partial charge in [-0.1, -0.05) is 31.9 Å². The molecule has 0 radical (unpaired) electrons. The lowest BCUT2D eigenvalue weighted by molar-refractivity contribution is -0.137. The molecule has 4 heterocycles. The van der Waals surface area contributed by atoms with Crippen LogP contribution in [0.25, 0.3) is 0 Å². The Hall–Kier alpha value is -5.69. The first-order chi connectivity index (χ1) is 31.2. The lowest BCUT2D eigenvalue weighted by Crippen LogP contribution is -2.55. The highest BCUT2D eigenvalue weighted by Crippen LogP contribution is 2.40. The van der Waals surface area contributed by atoms with E-state index in [0.717, 1.165) is 62.0 Å². The molecule has 2 fully saturated rings. The summed E-state index contributed by atoms with van der Waals surface area (Å²) in [5, 5.41) is 11.9. The standard InChI is InChI=1S/C46H61N9O9/c1-4-36-45(60)53(2)38-28-49-46(52-41(38)55(36)32-11-5-6-12-32)50-35-15-14-31(27-39(35)61-3)42(57)48-20-22-63-24-26-64-25-23-62-21-19-47-18-8-10-30-9-7-13-33-34(30)29-54(44(33)59)37-16-17-40(56)51-43(37)58/h7,9,13-15,27-28,32,36-37,47H,4-6,8,10-12,16-26,29H2,1-3H3,(H,48,57)(H,49,50,52)(H,51,56,58)/t36-,37?/m1/s1. The minimum atomic E-state index is -0.615. The van der Waals surface area contributed by atoms with Gasteiger partial charge in [-0.05, 0) is 80.5 Å². The van der Waals surface area contributed by atoms with Crippen molar-refractivity contribution in [2.24, 2.45) is 0 Å². The summed E-state index contributed by atoms with van der Waals surface area (Å²) in [4.78, 5) is 78.1. The van der Waals surface area contributed by atoms with E-state index in [1.54, 1.807) is 48.4 Å². The second-order valence-electron chi connectivity index (χ2n) is 16.4. The van der Waals surface area contributed by atoms with Crippen molar-refractivity contribution in [3.63, 3.8) is 0 Å². The van der Waals surface area contributed by atoms with Crippen LogP contribution in [0.5, 0.6) is 5.75 Å². The number of carbonyl (C=O) groups is 5. The second kappa shape index (κ2) is 22.3. The van der Waals surface area contributed by atoms with Crippen molar-refractivity contribution in [1.82, 2.24) is 30.8 Å². The van der Waals surface area contributed by atoms with E-state index in [4.69, 9.17) is 23.9 Å². The van der Waals surface area contributed by atoms with E-state index in [9.17, 15) is 24.0 Å². The van der Waals surface area contributed by atoms with Crippen LogP contribution < -0.4 is 35.8 Å². The minimum Gasteiger partial charge on any atom is -0.495 e. The number of likely N-dealkylation sites (N-methyl/N-ethyl adjacent to an activating group) is 1. The van der Waals surface area contributed by atoms with Crippen molar-refractivity contribution >= 4 is 52.7 Å². The Morgan fingerprint density at radius 1 is 0.922 bits per heavy atom. The number of fused-ring (bicyclic) bond motifs is 2. The van der Waals surface area contributed by atoms with Gasteiger partial charge in [0.2, 0.25) is 23.7 Å². The number of nitrogens with zero attached hydrogens (tertiary/aromatic N) is 5. The van der Waals surface area contributed by atoms with Crippen molar-refractivity contribution in [2.45, 2.75) is 89.4 Å². The number of hydrogen-bond acceptors (Lipinski definition) is 14. The molecule has 1 aromatic heterocycles. The molecule has 5 amide bonds. The van der Waals surface area contributed by atoms with E-state index in [2.05, 4.69) is 31.2 Å². The van der Waals surface area contributed by atoms with Crippen LogP contribution in [0, 0.1) is 0 Å². The third-order valence-electron chi connectivity index (χ3n) is 12.3. The number of aromatic nitrogens is 2. The molecule has 7 rings (SSSR count). The molecule has 64 heavy (non-hydrogen) atoms. The van der Waals surface area contributed by atoms with Gasteiger partial charge in [0.1, 0.15) is 23.5 Å². The van der Waals surface area contributed by atoms with E-state index in [-0.39, 0.29) is 42.1 Å². The highest BCUT2D eigenvalue weighted by Gasteiger charge is 2.42. The molecule has 3 aromatic rings. The van der Waals surface area contributed by atoms with Crippen LogP contribution in [0.4, 0.5) is 23.1 Å². The number of hydrogen-bond donors (Lipinski definition) is 4. The average molecular weight is 884 g/mol. The maximum Gasteiger partial charge on any atom is 0.255 e. The Kier molecular flexibility index (Phi) is 16.1. The smallest absolute Gasteiger partial charge is 0.255 e.